The molecule has 0 aromatic rings. The molecule has 0 nitrogen and oxygen atoms in total. The summed E-state index contributed by atoms with van der Waals surface area (Å²) < 4.78 is 0. The van der Waals surface area contributed by atoms with Crippen molar-refractivity contribution < 1.29 is 0 Å². The third-order valence-electron chi connectivity index (χ3n) is 2.66. The van der Waals surface area contributed by atoms with E-state index in [1.807, 2.05) is 6.08 Å². The molecule has 1 rings (SSSR count). The predicted octanol–water partition coefficient (Wildman–Crippen LogP) is 3.87. The summed E-state index contributed by atoms with van der Waals surface area (Å²) in [6.07, 6.45) is 8.82. The second-order valence-corrected chi connectivity index (χ2v) is 4.13. The minimum absolute atomic E-state index is 0.340. The van der Waals surface area contributed by atoms with Gasteiger partial charge in [-0.05, 0) is 30.8 Å². The molecule has 1 aliphatic carbocycles. The van der Waals surface area contributed by atoms with Gasteiger partial charge in [0.05, 0.1) is 0 Å². The molecule has 1 aliphatic rings. The molecule has 0 radical (unpaired) electrons. The first-order valence-electron chi connectivity index (χ1n) is 4.58. The van der Waals surface area contributed by atoms with E-state index in [4.69, 9.17) is 0 Å². The third-order valence-corrected chi connectivity index (χ3v) is 2.66. The van der Waals surface area contributed by atoms with Crippen LogP contribution in [0.15, 0.2) is 36.0 Å². The van der Waals surface area contributed by atoms with Gasteiger partial charge in [0.1, 0.15) is 0 Å². The Kier molecular flexibility index (Phi) is 2.56. The monoisotopic (exact) mass is 162 g/mol. The van der Waals surface area contributed by atoms with Crippen LogP contribution in [0.25, 0.3) is 0 Å². The fourth-order valence-corrected chi connectivity index (χ4v) is 1.90. The molecule has 0 atom stereocenters. The summed E-state index contributed by atoms with van der Waals surface area (Å²) in [5.41, 5.74) is 3.21. The predicted molar refractivity (Wildman–Crippen MR) is 55.1 cm³/mol. The molecule has 0 saturated carbocycles. The summed E-state index contributed by atoms with van der Waals surface area (Å²) in [7, 11) is 0. The molecule has 0 heteroatoms. The van der Waals surface area contributed by atoms with E-state index < -0.39 is 0 Å². The van der Waals surface area contributed by atoms with Gasteiger partial charge >= 0.3 is 0 Å². The average molecular weight is 162 g/mol. The molecule has 0 aliphatic heterocycles. The molecule has 12 heavy (non-hydrogen) atoms. The maximum atomic E-state index is 3.75. The molecule has 0 aromatic carbocycles. The number of allylic oxidation sites excluding steroid dienone is 5. The number of rotatable bonds is 1. The van der Waals surface area contributed by atoms with Gasteiger partial charge in [0.15, 0.2) is 0 Å². The van der Waals surface area contributed by atoms with E-state index in [2.05, 4.69) is 39.5 Å². The van der Waals surface area contributed by atoms with Crippen molar-refractivity contribution >= 4 is 0 Å². The Balaban J connectivity index is 3.04. The van der Waals surface area contributed by atoms with E-state index in [1.54, 1.807) is 0 Å². The number of hydrogen-bond acceptors (Lipinski definition) is 0. The van der Waals surface area contributed by atoms with Crippen LogP contribution in [0.4, 0.5) is 0 Å². The Bertz CT molecular complexity index is 239. The summed E-state index contributed by atoms with van der Waals surface area (Å²) in [5.74, 6) is 0. The normalized spacial score (nSPS) is 25.2. The van der Waals surface area contributed by atoms with Crippen molar-refractivity contribution in [2.75, 3.05) is 0 Å². The van der Waals surface area contributed by atoms with Gasteiger partial charge in [0.2, 0.25) is 0 Å². The molecule has 0 saturated heterocycles. The fourth-order valence-electron chi connectivity index (χ4n) is 1.90. The van der Waals surface area contributed by atoms with Crippen molar-refractivity contribution in [2.45, 2.75) is 33.6 Å². The summed E-state index contributed by atoms with van der Waals surface area (Å²) in [6, 6.07) is 0. The lowest BCUT2D eigenvalue weighted by molar-refractivity contribution is 0.404. The molecule has 0 heterocycles. The van der Waals surface area contributed by atoms with Gasteiger partial charge < -0.3 is 0 Å². The molecule has 0 fully saturated rings. The van der Waals surface area contributed by atoms with Crippen molar-refractivity contribution in [2.24, 2.45) is 5.41 Å². The van der Waals surface area contributed by atoms with Gasteiger partial charge in [-0.25, -0.2) is 0 Å². The van der Waals surface area contributed by atoms with Crippen LogP contribution in [0, 0.1) is 5.41 Å². The Morgan fingerprint density at radius 1 is 1.50 bits per heavy atom. The number of hydrogen-bond donors (Lipinski definition) is 0. The van der Waals surface area contributed by atoms with E-state index in [0.717, 1.165) is 0 Å². The zero-order valence-corrected chi connectivity index (χ0v) is 8.35. The molecule has 0 unspecified atom stereocenters. The Labute approximate surface area is 75.7 Å². The minimum atomic E-state index is 0.340. The molecule has 0 aromatic heterocycles. The van der Waals surface area contributed by atoms with E-state index in [-0.39, 0.29) is 0 Å². The first-order chi connectivity index (χ1) is 5.58. The lowest BCUT2D eigenvalue weighted by Gasteiger charge is -2.32. The van der Waals surface area contributed by atoms with Gasteiger partial charge in [-0.15, -0.1) is 0 Å². The fraction of sp³-hybridized carbons (Fsp3) is 0.500. The van der Waals surface area contributed by atoms with Crippen molar-refractivity contribution in [1.29, 1.82) is 0 Å². The lowest BCUT2D eigenvalue weighted by Crippen LogP contribution is -2.18. The quantitative estimate of drug-likeness (QED) is 0.549. The van der Waals surface area contributed by atoms with E-state index in [0.29, 0.717) is 5.41 Å². The SMILES string of the molecule is C=C/C=C1/C(C)=CCCC1(C)C. The summed E-state index contributed by atoms with van der Waals surface area (Å²) in [4.78, 5) is 0. The summed E-state index contributed by atoms with van der Waals surface area (Å²) >= 11 is 0. The van der Waals surface area contributed by atoms with Crippen LogP contribution >= 0.6 is 0 Å². The van der Waals surface area contributed by atoms with Crippen LogP contribution in [-0.4, -0.2) is 0 Å². The van der Waals surface area contributed by atoms with Gasteiger partial charge in [-0.1, -0.05) is 44.2 Å². The standard InChI is InChI=1S/C12H18/c1-5-7-11-10(2)8-6-9-12(11,3)4/h5,7-8H,1,6,9H2,2-4H3/b11-7-. The topological polar surface area (TPSA) is 0 Å². The highest BCUT2D eigenvalue weighted by Gasteiger charge is 2.25. The maximum Gasteiger partial charge on any atom is -0.00981 e. The zero-order chi connectivity index (χ0) is 9.19. The highest BCUT2D eigenvalue weighted by molar-refractivity contribution is 5.38. The first-order valence-corrected chi connectivity index (χ1v) is 4.58. The largest absolute Gasteiger partial charge is 0.0991 e. The summed E-state index contributed by atoms with van der Waals surface area (Å²) in [5, 5.41) is 0. The van der Waals surface area contributed by atoms with Crippen molar-refractivity contribution in [3.05, 3.63) is 36.0 Å². The molecular formula is C12H18. The van der Waals surface area contributed by atoms with E-state index in [9.17, 15) is 0 Å². The molecule has 0 spiro atoms. The van der Waals surface area contributed by atoms with Crippen LogP contribution in [0.3, 0.4) is 0 Å². The average Bonchev–Trinajstić information content (AvgIpc) is 1.97. The van der Waals surface area contributed by atoms with Crippen molar-refractivity contribution in [1.82, 2.24) is 0 Å². The molecule has 0 amide bonds. The van der Waals surface area contributed by atoms with E-state index >= 15 is 0 Å². The van der Waals surface area contributed by atoms with Crippen LogP contribution in [0.5, 0.6) is 0 Å². The van der Waals surface area contributed by atoms with Gasteiger partial charge in [-0.3, -0.25) is 0 Å². The third kappa shape index (κ3) is 1.69. The second kappa shape index (κ2) is 3.30. The van der Waals surface area contributed by atoms with Crippen molar-refractivity contribution in [3.8, 4) is 0 Å². The maximum absolute atomic E-state index is 3.75. The van der Waals surface area contributed by atoms with Crippen molar-refractivity contribution in [3.63, 3.8) is 0 Å². The second-order valence-electron chi connectivity index (χ2n) is 4.13. The lowest BCUT2D eigenvalue weighted by atomic mass is 9.73. The van der Waals surface area contributed by atoms with Crippen LogP contribution in [0.1, 0.15) is 33.6 Å². The molecular weight excluding hydrogens is 144 g/mol. The van der Waals surface area contributed by atoms with Crippen LogP contribution < -0.4 is 0 Å². The Morgan fingerprint density at radius 2 is 2.17 bits per heavy atom. The minimum Gasteiger partial charge on any atom is -0.0991 e. The Morgan fingerprint density at radius 3 is 2.67 bits per heavy atom. The summed E-state index contributed by atoms with van der Waals surface area (Å²) in [6.45, 7) is 10.6. The van der Waals surface area contributed by atoms with Crippen LogP contribution in [-0.2, 0) is 0 Å². The first kappa shape index (κ1) is 9.31. The van der Waals surface area contributed by atoms with Gasteiger partial charge in [-0.2, -0.15) is 0 Å². The van der Waals surface area contributed by atoms with Gasteiger partial charge in [0, 0.05) is 0 Å². The smallest absolute Gasteiger partial charge is 0.00981 e. The van der Waals surface area contributed by atoms with Gasteiger partial charge in [0.25, 0.3) is 0 Å². The molecule has 0 bridgehead atoms. The zero-order valence-electron chi connectivity index (χ0n) is 8.35. The van der Waals surface area contributed by atoms with Crippen LogP contribution in [0.2, 0.25) is 0 Å². The molecule has 0 N–H and O–H groups in total. The highest BCUT2D eigenvalue weighted by Crippen LogP contribution is 2.39. The van der Waals surface area contributed by atoms with E-state index in [1.165, 1.54) is 24.0 Å². The highest BCUT2D eigenvalue weighted by atomic mass is 14.3. The Hall–Kier alpha value is -0.780. The molecule has 66 valence electrons.